The molecule has 14 heavy (non-hydrogen) atoms. The maximum absolute atomic E-state index is 9.52. The lowest BCUT2D eigenvalue weighted by Gasteiger charge is -2.46. The van der Waals surface area contributed by atoms with E-state index < -0.39 is 36.3 Å². The van der Waals surface area contributed by atoms with Crippen LogP contribution in [0.1, 0.15) is 0 Å². The molecule has 1 aliphatic rings. The fourth-order valence-electron chi connectivity index (χ4n) is 1.48. The van der Waals surface area contributed by atoms with Gasteiger partial charge >= 0.3 is 0 Å². The van der Waals surface area contributed by atoms with Crippen LogP contribution in [0, 0.1) is 0 Å². The molecule has 0 aliphatic heterocycles. The molecular formula is C7H14O7. The van der Waals surface area contributed by atoms with Crippen LogP contribution >= 0.6 is 0 Å². The monoisotopic (exact) mass is 210 g/mol. The zero-order valence-corrected chi connectivity index (χ0v) is 7.48. The van der Waals surface area contributed by atoms with Gasteiger partial charge in [0, 0.05) is 7.11 Å². The topological polar surface area (TPSA) is 131 Å². The van der Waals surface area contributed by atoms with E-state index in [1.54, 1.807) is 0 Å². The molecule has 0 aromatic heterocycles. The lowest BCUT2D eigenvalue weighted by Crippen LogP contribution is -2.71. The molecule has 84 valence electrons. The Kier molecular flexibility index (Phi) is 3.12. The Morgan fingerprint density at radius 1 is 0.857 bits per heavy atom. The second kappa shape index (κ2) is 3.70. The van der Waals surface area contributed by atoms with Crippen LogP contribution in [-0.2, 0) is 4.74 Å². The van der Waals surface area contributed by atoms with Crippen molar-refractivity contribution < 1.29 is 35.4 Å². The third kappa shape index (κ3) is 1.43. The van der Waals surface area contributed by atoms with E-state index in [0.717, 1.165) is 7.11 Å². The van der Waals surface area contributed by atoms with E-state index in [9.17, 15) is 25.5 Å². The number of methoxy groups -OCH3 is 1. The Balaban J connectivity index is 2.98. The highest BCUT2D eigenvalue weighted by atomic mass is 16.6. The SMILES string of the molecule is COC1(O)[C@H](O)[C@@H](O)C(O)[C@@H](O)[C@@H]1O. The van der Waals surface area contributed by atoms with Crippen molar-refractivity contribution in [2.75, 3.05) is 7.11 Å². The predicted molar refractivity (Wildman–Crippen MR) is 42.0 cm³/mol. The lowest BCUT2D eigenvalue weighted by molar-refractivity contribution is -0.353. The molecule has 2 unspecified atom stereocenters. The largest absolute Gasteiger partial charge is 0.387 e. The molecule has 0 spiro atoms. The first-order valence-corrected chi connectivity index (χ1v) is 4.04. The first-order valence-electron chi connectivity index (χ1n) is 4.04. The van der Waals surface area contributed by atoms with Crippen LogP contribution in [0.2, 0.25) is 0 Å². The van der Waals surface area contributed by atoms with Crippen molar-refractivity contribution in [2.24, 2.45) is 0 Å². The number of hydrogen-bond donors (Lipinski definition) is 6. The van der Waals surface area contributed by atoms with Crippen LogP contribution in [-0.4, -0.2) is 74.1 Å². The summed E-state index contributed by atoms with van der Waals surface area (Å²) >= 11 is 0. The molecule has 0 heterocycles. The van der Waals surface area contributed by atoms with Crippen molar-refractivity contribution in [3.63, 3.8) is 0 Å². The van der Waals surface area contributed by atoms with Crippen molar-refractivity contribution >= 4 is 0 Å². The van der Waals surface area contributed by atoms with Crippen LogP contribution in [0.5, 0.6) is 0 Å². The molecular weight excluding hydrogens is 196 g/mol. The molecule has 6 atom stereocenters. The van der Waals surface area contributed by atoms with Gasteiger partial charge in [0.15, 0.2) is 0 Å². The second-order valence-corrected chi connectivity index (χ2v) is 3.32. The molecule has 1 aliphatic carbocycles. The van der Waals surface area contributed by atoms with Gasteiger partial charge in [0.25, 0.3) is 0 Å². The third-order valence-electron chi connectivity index (χ3n) is 2.52. The van der Waals surface area contributed by atoms with Gasteiger partial charge in [0.05, 0.1) is 0 Å². The van der Waals surface area contributed by atoms with Gasteiger partial charge in [-0.2, -0.15) is 0 Å². The Labute approximate surface area is 79.8 Å². The second-order valence-electron chi connectivity index (χ2n) is 3.32. The molecule has 0 bridgehead atoms. The van der Waals surface area contributed by atoms with Gasteiger partial charge in [-0.3, -0.25) is 0 Å². The van der Waals surface area contributed by atoms with E-state index in [0.29, 0.717) is 0 Å². The molecule has 0 amide bonds. The van der Waals surface area contributed by atoms with Gasteiger partial charge in [0.1, 0.15) is 30.5 Å². The van der Waals surface area contributed by atoms with Gasteiger partial charge in [0.2, 0.25) is 5.79 Å². The van der Waals surface area contributed by atoms with Crippen LogP contribution in [0.15, 0.2) is 0 Å². The Hall–Kier alpha value is -0.280. The predicted octanol–water partition coefficient (Wildman–Crippen LogP) is -3.86. The highest BCUT2D eigenvalue weighted by Gasteiger charge is 2.58. The normalized spacial score (nSPS) is 54.6. The zero-order chi connectivity index (χ0) is 11.1. The van der Waals surface area contributed by atoms with E-state index in [1.165, 1.54) is 0 Å². The Morgan fingerprint density at radius 2 is 1.21 bits per heavy atom. The molecule has 0 aromatic carbocycles. The summed E-state index contributed by atoms with van der Waals surface area (Å²) in [6.07, 6.45) is -9.13. The first-order chi connectivity index (χ1) is 6.36. The summed E-state index contributed by atoms with van der Waals surface area (Å²) in [4.78, 5) is 0. The average Bonchev–Trinajstić information content (AvgIpc) is 2.21. The number of hydrogen-bond acceptors (Lipinski definition) is 7. The molecule has 0 aromatic rings. The zero-order valence-electron chi connectivity index (χ0n) is 7.48. The quantitative estimate of drug-likeness (QED) is 0.244. The van der Waals surface area contributed by atoms with Crippen LogP contribution in [0.25, 0.3) is 0 Å². The average molecular weight is 210 g/mol. The van der Waals surface area contributed by atoms with Crippen LogP contribution < -0.4 is 0 Å². The number of ether oxygens (including phenoxy) is 1. The fraction of sp³-hybridized carbons (Fsp3) is 1.00. The standard InChI is InChI=1S/C7H14O7/c1-14-7(13)5(11)3(9)2(8)4(10)6(7)12/h2-6,8-13H,1H3/t2?,3-,4+,5+,6-,7?. The van der Waals surface area contributed by atoms with Crippen molar-refractivity contribution in [1.29, 1.82) is 0 Å². The molecule has 0 saturated heterocycles. The number of aliphatic hydroxyl groups is 6. The molecule has 0 radical (unpaired) electrons. The number of rotatable bonds is 1. The third-order valence-corrected chi connectivity index (χ3v) is 2.52. The van der Waals surface area contributed by atoms with Gasteiger partial charge in [-0.15, -0.1) is 0 Å². The highest BCUT2D eigenvalue weighted by molar-refractivity contribution is 5.03. The molecule has 1 saturated carbocycles. The van der Waals surface area contributed by atoms with E-state index in [4.69, 9.17) is 5.11 Å². The van der Waals surface area contributed by atoms with Gasteiger partial charge in [-0.05, 0) is 0 Å². The summed E-state index contributed by atoms with van der Waals surface area (Å²) in [6, 6.07) is 0. The van der Waals surface area contributed by atoms with Gasteiger partial charge < -0.3 is 35.4 Å². The van der Waals surface area contributed by atoms with Crippen molar-refractivity contribution in [3.8, 4) is 0 Å². The fourth-order valence-corrected chi connectivity index (χ4v) is 1.48. The van der Waals surface area contributed by atoms with E-state index in [1.807, 2.05) is 0 Å². The van der Waals surface area contributed by atoms with Crippen LogP contribution in [0.4, 0.5) is 0 Å². The van der Waals surface area contributed by atoms with Crippen molar-refractivity contribution in [2.45, 2.75) is 36.3 Å². The van der Waals surface area contributed by atoms with Gasteiger partial charge in [-0.1, -0.05) is 0 Å². The molecule has 7 heteroatoms. The van der Waals surface area contributed by atoms with E-state index in [2.05, 4.69) is 4.74 Å². The van der Waals surface area contributed by atoms with Gasteiger partial charge in [-0.25, -0.2) is 0 Å². The van der Waals surface area contributed by atoms with E-state index in [-0.39, 0.29) is 0 Å². The summed E-state index contributed by atoms with van der Waals surface area (Å²) in [7, 11) is 0.990. The van der Waals surface area contributed by atoms with E-state index >= 15 is 0 Å². The first kappa shape index (κ1) is 11.8. The maximum Gasteiger partial charge on any atom is 0.224 e. The number of aliphatic hydroxyl groups excluding tert-OH is 5. The summed E-state index contributed by atoms with van der Waals surface area (Å²) < 4.78 is 4.42. The summed E-state index contributed by atoms with van der Waals surface area (Å²) in [6.45, 7) is 0. The molecule has 6 N–H and O–H groups in total. The maximum atomic E-state index is 9.52. The molecule has 1 fully saturated rings. The minimum atomic E-state index is -2.49. The Bertz CT molecular complexity index is 192. The molecule has 7 nitrogen and oxygen atoms in total. The minimum Gasteiger partial charge on any atom is -0.387 e. The van der Waals surface area contributed by atoms with Crippen molar-refractivity contribution in [1.82, 2.24) is 0 Å². The summed E-state index contributed by atoms with van der Waals surface area (Å²) in [5, 5.41) is 55.6. The van der Waals surface area contributed by atoms with Crippen molar-refractivity contribution in [3.05, 3.63) is 0 Å². The smallest absolute Gasteiger partial charge is 0.224 e. The summed E-state index contributed by atoms with van der Waals surface area (Å²) in [5.41, 5.74) is 0. The summed E-state index contributed by atoms with van der Waals surface area (Å²) in [5.74, 6) is -2.49. The van der Waals surface area contributed by atoms with Crippen LogP contribution in [0.3, 0.4) is 0 Å². The minimum absolute atomic E-state index is 0.990. The molecule has 1 rings (SSSR count). The highest BCUT2D eigenvalue weighted by Crippen LogP contribution is 2.30. The lowest BCUT2D eigenvalue weighted by atomic mass is 9.82. The Morgan fingerprint density at radius 3 is 1.50 bits per heavy atom.